The summed E-state index contributed by atoms with van der Waals surface area (Å²) in [5, 5.41) is 3.85. The van der Waals surface area contributed by atoms with Crippen LogP contribution in [-0.4, -0.2) is 10.8 Å². The van der Waals surface area contributed by atoms with Crippen molar-refractivity contribution in [2.24, 2.45) is 0 Å². The zero-order chi connectivity index (χ0) is 19.7. The fourth-order valence-electron chi connectivity index (χ4n) is 1.45. The molecule has 1 aromatic rings. The molecule has 0 spiro atoms. The molecule has 3 N–H and O–H groups in total. The van der Waals surface area contributed by atoms with Gasteiger partial charge in [-0.2, -0.15) is 0 Å². The Labute approximate surface area is 156 Å². The summed E-state index contributed by atoms with van der Waals surface area (Å²) < 4.78 is 0. The second-order valence-corrected chi connectivity index (χ2v) is 5.46. The van der Waals surface area contributed by atoms with Gasteiger partial charge in [-0.15, -0.1) is 11.3 Å². The topological polar surface area (TPSA) is 68.0 Å². The molecular formula is C20H31N3OS. The van der Waals surface area contributed by atoms with Crippen molar-refractivity contribution in [1.82, 2.24) is 10.3 Å². The maximum atomic E-state index is 12.0. The van der Waals surface area contributed by atoms with Crippen LogP contribution in [0.1, 0.15) is 49.3 Å². The molecule has 5 heteroatoms. The molecule has 0 radical (unpaired) electrons. The normalized spacial score (nSPS) is 10.5. The highest BCUT2D eigenvalue weighted by molar-refractivity contribution is 7.14. The van der Waals surface area contributed by atoms with Crippen LogP contribution in [-0.2, 0) is 6.54 Å². The van der Waals surface area contributed by atoms with Gasteiger partial charge < -0.3 is 11.1 Å². The van der Waals surface area contributed by atoms with Gasteiger partial charge >= 0.3 is 0 Å². The number of ketones is 1. The molecule has 25 heavy (non-hydrogen) atoms. The highest BCUT2D eigenvalue weighted by Gasteiger charge is 2.16. The Morgan fingerprint density at radius 3 is 2.32 bits per heavy atom. The van der Waals surface area contributed by atoms with Crippen LogP contribution in [0.4, 0.5) is 5.82 Å². The van der Waals surface area contributed by atoms with Crippen molar-refractivity contribution in [3.8, 4) is 0 Å². The zero-order valence-corrected chi connectivity index (χ0v) is 16.8. The summed E-state index contributed by atoms with van der Waals surface area (Å²) in [6.07, 6.45) is 12.5. The van der Waals surface area contributed by atoms with Crippen LogP contribution in [0.2, 0.25) is 0 Å². The average Bonchev–Trinajstić information content (AvgIpc) is 2.98. The molecule has 4 nitrogen and oxygen atoms in total. The first-order valence-corrected chi connectivity index (χ1v) is 9.00. The lowest BCUT2D eigenvalue weighted by molar-refractivity contribution is 0.103. The number of anilines is 1. The lowest BCUT2D eigenvalue weighted by atomic mass is 10.1. The molecule has 0 saturated carbocycles. The number of thiazole rings is 1. The van der Waals surface area contributed by atoms with Crippen molar-refractivity contribution in [2.45, 2.75) is 41.2 Å². The van der Waals surface area contributed by atoms with Gasteiger partial charge in [0.2, 0.25) is 5.78 Å². The lowest BCUT2D eigenvalue weighted by Crippen LogP contribution is -2.03. The maximum Gasteiger partial charge on any atom is 0.202 e. The van der Waals surface area contributed by atoms with Crippen LogP contribution in [0.15, 0.2) is 61.4 Å². The van der Waals surface area contributed by atoms with E-state index in [2.05, 4.69) is 23.5 Å². The van der Waals surface area contributed by atoms with Gasteiger partial charge in [0.1, 0.15) is 15.7 Å². The van der Waals surface area contributed by atoms with Crippen molar-refractivity contribution in [1.29, 1.82) is 0 Å². The summed E-state index contributed by atoms with van der Waals surface area (Å²) in [5.74, 6) is 0.196. The molecule has 1 rings (SSSR count). The Bertz CT molecular complexity index is 610. The first-order valence-electron chi connectivity index (χ1n) is 8.19. The van der Waals surface area contributed by atoms with Crippen molar-refractivity contribution < 1.29 is 4.79 Å². The number of carbonyl (C=O) groups is 1. The van der Waals surface area contributed by atoms with E-state index in [0.717, 1.165) is 5.01 Å². The number of nitrogens with one attached hydrogen (secondary N) is 1. The minimum absolute atomic E-state index is 0.0952. The van der Waals surface area contributed by atoms with Crippen LogP contribution < -0.4 is 11.1 Å². The van der Waals surface area contributed by atoms with Crippen molar-refractivity contribution in [2.75, 3.05) is 5.73 Å². The third-order valence-electron chi connectivity index (χ3n) is 2.50. The van der Waals surface area contributed by atoms with Gasteiger partial charge in [-0.25, -0.2) is 4.98 Å². The number of allylic oxidation sites excluding steroid dienone is 7. The van der Waals surface area contributed by atoms with E-state index in [4.69, 9.17) is 5.73 Å². The summed E-state index contributed by atoms with van der Waals surface area (Å²) in [7, 11) is 0. The number of nitrogen functional groups attached to an aromatic ring is 1. The summed E-state index contributed by atoms with van der Waals surface area (Å²) in [4.78, 5) is 16.7. The number of hydrogen-bond donors (Lipinski definition) is 2. The average molecular weight is 362 g/mol. The van der Waals surface area contributed by atoms with Gasteiger partial charge in [0.15, 0.2) is 0 Å². The van der Waals surface area contributed by atoms with Crippen molar-refractivity contribution in [3.05, 3.63) is 71.3 Å². The Hall–Kier alpha value is -2.40. The van der Waals surface area contributed by atoms with E-state index in [-0.39, 0.29) is 5.78 Å². The SMILES string of the molecule is C=C/C=C(\C)C(=O)c1sc(CN/C=C/C)nc1N.C=C/C=C\C.CC. The van der Waals surface area contributed by atoms with Crippen molar-refractivity contribution >= 4 is 22.9 Å². The number of Topliss-reactive ketones (excluding diaryl/α,β-unsaturated/α-hetero) is 1. The largest absolute Gasteiger partial charge is 0.385 e. The van der Waals surface area contributed by atoms with Crippen LogP contribution in [0, 0.1) is 0 Å². The van der Waals surface area contributed by atoms with E-state index in [1.165, 1.54) is 11.3 Å². The summed E-state index contributed by atoms with van der Waals surface area (Å²) in [6.45, 7) is 17.2. The van der Waals surface area contributed by atoms with Gasteiger partial charge in [-0.1, -0.05) is 63.5 Å². The molecular weight excluding hydrogens is 330 g/mol. The predicted molar refractivity (Wildman–Crippen MR) is 113 cm³/mol. The molecule has 0 unspecified atom stereocenters. The van der Waals surface area contributed by atoms with Crippen LogP contribution in [0.3, 0.4) is 0 Å². The molecule has 0 atom stereocenters. The van der Waals surface area contributed by atoms with Crippen LogP contribution in [0.25, 0.3) is 0 Å². The smallest absolute Gasteiger partial charge is 0.202 e. The molecule has 0 aromatic carbocycles. The molecule has 0 bridgehead atoms. The number of nitrogens with two attached hydrogens (primary N) is 1. The number of carbonyl (C=O) groups excluding carboxylic acids is 1. The third-order valence-corrected chi connectivity index (χ3v) is 3.57. The first-order chi connectivity index (χ1) is 12.0. The number of nitrogens with zero attached hydrogens (tertiary/aromatic N) is 1. The van der Waals surface area contributed by atoms with Gasteiger partial charge in [0.25, 0.3) is 0 Å². The molecule has 0 aliphatic carbocycles. The molecule has 1 heterocycles. The Morgan fingerprint density at radius 1 is 1.24 bits per heavy atom. The molecule has 0 aliphatic rings. The highest BCUT2D eigenvalue weighted by Crippen LogP contribution is 2.23. The molecule has 0 aliphatic heterocycles. The first kappa shape index (κ1) is 24.8. The molecule has 0 saturated heterocycles. The Morgan fingerprint density at radius 2 is 1.88 bits per heavy atom. The maximum absolute atomic E-state index is 12.0. The molecule has 138 valence electrons. The second kappa shape index (κ2) is 16.5. The third kappa shape index (κ3) is 10.9. The minimum Gasteiger partial charge on any atom is -0.385 e. The van der Waals surface area contributed by atoms with E-state index >= 15 is 0 Å². The van der Waals surface area contributed by atoms with Crippen LogP contribution in [0.5, 0.6) is 0 Å². The Kier molecular flexibility index (Phi) is 16.4. The monoisotopic (exact) mass is 361 g/mol. The summed E-state index contributed by atoms with van der Waals surface area (Å²) in [5.41, 5.74) is 6.37. The Balaban J connectivity index is 0. The number of hydrogen-bond acceptors (Lipinski definition) is 5. The van der Waals surface area contributed by atoms with Gasteiger partial charge in [-0.3, -0.25) is 4.79 Å². The zero-order valence-electron chi connectivity index (χ0n) is 16.0. The number of rotatable bonds is 7. The lowest BCUT2D eigenvalue weighted by Gasteiger charge is -1.96. The minimum atomic E-state index is -0.0952. The van der Waals surface area contributed by atoms with Gasteiger partial charge in [0.05, 0.1) is 6.54 Å². The number of aromatic nitrogens is 1. The summed E-state index contributed by atoms with van der Waals surface area (Å²) >= 11 is 1.32. The van der Waals surface area contributed by atoms with Gasteiger partial charge in [-0.05, 0) is 32.5 Å². The molecule has 1 aromatic heterocycles. The summed E-state index contributed by atoms with van der Waals surface area (Å²) in [6, 6.07) is 0. The second-order valence-electron chi connectivity index (χ2n) is 4.38. The standard InChI is InChI=1S/C13H17N3OS.C5H8.C2H6/c1-4-6-9(3)11(17)12-13(14)16-10(18-12)8-15-7-5-2;1-3-5-4-2;1-2/h4-7,15H,1,8,14H2,2-3H3;3-5H,1H2,2H3;1-2H3/b7-5+,9-6+;5-4-;. The van der Waals surface area contributed by atoms with E-state index in [9.17, 15) is 4.79 Å². The molecule has 0 fully saturated rings. The van der Waals surface area contributed by atoms with E-state index in [1.807, 2.05) is 52.1 Å². The van der Waals surface area contributed by atoms with E-state index < -0.39 is 0 Å². The van der Waals surface area contributed by atoms with Crippen LogP contribution >= 0.6 is 11.3 Å². The predicted octanol–water partition coefficient (Wildman–Crippen LogP) is 5.44. The van der Waals surface area contributed by atoms with Gasteiger partial charge in [0, 0.05) is 0 Å². The van der Waals surface area contributed by atoms with E-state index in [1.54, 1.807) is 25.2 Å². The molecule has 0 amide bonds. The fraction of sp³-hybridized carbons (Fsp3) is 0.300. The van der Waals surface area contributed by atoms with E-state index in [0.29, 0.717) is 22.8 Å². The van der Waals surface area contributed by atoms with Crippen molar-refractivity contribution in [3.63, 3.8) is 0 Å². The quantitative estimate of drug-likeness (QED) is 0.385. The fourth-order valence-corrected chi connectivity index (χ4v) is 2.39. The highest BCUT2D eigenvalue weighted by atomic mass is 32.1.